The van der Waals surface area contributed by atoms with Crippen molar-refractivity contribution in [3.8, 4) is 0 Å². The number of carbonyl (C=O) groups excluding carboxylic acids is 4. The van der Waals surface area contributed by atoms with Crippen LogP contribution < -0.4 is 20.4 Å². The van der Waals surface area contributed by atoms with E-state index < -0.39 is 145 Å². The molecule has 0 aromatic heterocycles. The topological polar surface area (TPSA) is 440 Å². The Labute approximate surface area is 304 Å². The number of cyclic esters (lactones) is 4. The van der Waals surface area contributed by atoms with Crippen molar-refractivity contribution in [2.45, 2.75) is 48.8 Å². The Hall–Kier alpha value is -3.79. The molecule has 4 aliphatic heterocycles. The first-order chi connectivity index (χ1) is 22.3. The maximum atomic E-state index is 10.6. The van der Waals surface area contributed by atoms with Crippen molar-refractivity contribution in [2.24, 2.45) is 0 Å². The number of esters is 4. The van der Waals surface area contributed by atoms with Gasteiger partial charge in [-0.3, -0.25) is 0 Å². The van der Waals surface area contributed by atoms with Crippen LogP contribution in [0.1, 0.15) is 0 Å². The molecule has 1 radical (unpaired) electrons. The second-order valence-corrected chi connectivity index (χ2v) is 9.16. The van der Waals surface area contributed by atoms with Gasteiger partial charge in [0.15, 0.2) is 24.4 Å². The summed E-state index contributed by atoms with van der Waals surface area (Å²) < 4.78 is 17.0. The van der Waals surface area contributed by atoms with Gasteiger partial charge in [-0.2, -0.15) is 0 Å². The molecule has 0 fully saturated rings. The van der Waals surface area contributed by atoms with Gasteiger partial charge in [-0.1, -0.05) is 0 Å². The van der Waals surface area contributed by atoms with E-state index in [0.29, 0.717) is 0 Å². The van der Waals surface area contributed by atoms with Gasteiger partial charge < -0.3 is 101 Å². The van der Waals surface area contributed by atoms with E-state index in [0.717, 1.165) is 0 Å². The summed E-state index contributed by atoms with van der Waals surface area (Å²) in [7, 11) is 0. The van der Waals surface area contributed by atoms with Crippen LogP contribution in [0.4, 0.5) is 0 Å². The van der Waals surface area contributed by atoms with Crippen molar-refractivity contribution in [3.05, 3.63) is 46.1 Å². The number of carbonyl (C=O) groups is 4. The van der Waals surface area contributed by atoms with Gasteiger partial charge in [0.2, 0.25) is 0 Å². The third kappa shape index (κ3) is 11.6. The Bertz CT molecular complexity index is 1140. The summed E-state index contributed by atoms with van der Waals surface area (Å²) in [5.74, 6) is -13.0. The van der Waals surface area contributed by atoms with Gasteiger partial charge in [0.25, 0.3) is 0 Å². The largest absolute Gasteiger partial charge is 2.00 e. The monoisotopic (exact) mass is 779 g/mol. The molecule has 0 aromatic rings. The molecule has 26 heteroatoms. The third-order valence-electron chi connectivity index (χ3n) is 5.83. The summed E-state index contributed by atoms with van der Waals surface area (Å²) in [6.07, 6.45) is -11.5. The molecule has 277 valence electrons. The third-order valence-corrected chi connectivity index (χ3v) is 5.83. The Balaban J connectivity index is 0. The molecule has 4 heterocycles. The number of ether oxygens (including phenoxy) is 4. The Morgan fingerprint density at radius 3 is 0.660 bits per heavy atom. The number of aliphatic hydroxyl groups is 12. The van der Waals surface area contributed by atoms with Gasteiger partial charge in [0.05, 0.1) is 26.4 Å². The Kier molecular flexibility index (Phi) is 20.7. The van der Waals surface area contributed by atoms with Gasteiger partial charge in [-0.25, -0.2) is 19.2 Å². The second kappa shape index (κ2) is 21.4. The van der Waals surface area contributed by atoms with E-state index >= 15 is 0 Å². The molecule has 0 spiro atoms. The van der Waals surface area contributed by atoms with Crippen LogP contribution >= 0.6 is 0 Å². The quantitative estimate of drug-likeness (QED) is 0.0618. The fourth-order valence-electron chi connectivity index (χ4n) is 3.26. The molecular weight excluding hydrogens is 751 g/mol. The van der Waals surface area contributed by atoms with E-state index in [4.69, 9.17) is 61.3 Å². The summed E-state index contributed by atoms with van der Waals surface area (Å²) in [6, 6.07) is 0. The van der Waals surface area contributed by atoms with Crippen molar-refractivity contribution in [2.75, 3.05) is 26.4 Å². The molecule has 0 unspecified atom stereocenters. The van der Waals surface area contributed by atoms with Crippen LogP contribution in [0.2, 0.25) is 0 Å². The van der Waals surface area contributed by atoms with Crippen molar-refractivity contribution in [1.82, 2.24) is 0 Å². The molecule has 0 amide bonds. The maximum absolute atomic E-state index is 10.6. The minimum absolute atomic E-state index is 0. The summed E-state index contributed by atoms with van der Waals surface area (Å²) in [4.78, 5) is 41.9. The summed E-state index contributed by atoms with van der Waals surface area (Å²) >= 11 is 0. The van der Waals surface area contributed by atoms with Gasteiger partial charge in [0.1, 0.15) is 47.5 Å². The van der Waals surface area contributed by atoms with Crippen LogP contribution in [0, 0.1) is 0 Å². The van der Waals surface area contributed by atoms with Crippen molar-refractivity contribution in [3.63, 3.8) is 0 Å². The second-order valence-electron chi connectivity index (χ2n) is 9.16. The van der Waals surface area contributed by atoms with Gasteiger partial charge >= 0.3 is 64.0 Å². The van der Waals surface area contributed by atoms with Crippen molar-refractivity contribution in [1.29, 1.82) is 0 Å². The average Bonchev–Trinajstić information content (AvgIpc) is 3.70. The molecule has 12 N–H and O–H groups in total. The van der Waals surface area contributed by atoms with Crippen molar-refractivity contribution < 1.29 is 137 Å². The fourth-order valence-corrected chi connectivity index (χ4v) is 3.26. The minimum atomic E-state index is -1.46. The molecular formula is C24H28MgMnO24. The zero-order chi connectivity index (χ0) is 37.2. The normalized spacial score (nSPS) is 24.8. The molecule has 0 bridgehead atoms. The van der Waals surface area contributed by atoms with Gasteiger partial charge in [-0.05, 0) is 0 Å². The van der Waals surface area contributed by atoms with Crippen LogP contribution in [0.5, 0.6) is 0 Å². The van der Waals surface area contributed by atoms with E-state index in [2.05, 4.69) is 18.9 Å². The average molecular weight is 780 g/mol. The first-order valence-electron chi connectivity index (χ1n) is 12.7. The molecule has 0 saturated heterocycles. The van der Waals surface area contributed by atoms with E-state index in [9.17, 15) is 39.6 Å². The summed E-state index contributed by atoms with van der Waals surface area (Å²) in [6.45, 7) is -2.80. The van der Waals surface area contributed by atoms with E-state index in [1.165, 1.54) is 0 Å². The first kappa shape index (κ1) is 48.3. The van der Waals surface area contributed by atoms with E-state index in [1.54, 1.807) is 0 Å². The van der Waals surface area contributed by atoms with E-state index in [1.807, 2.05) is 0 Å². The van der Waals surface area contributed by atoms with Crippen LogP contribution in [0.15, 0.2) is 46.1 Å². The van der Waals surface area contributed by atoms with Crippen LogP contribution in [-0.4, -0.2) is 183 Å². The predicted octanol–water partition coefficient (Wildman–Crippen LogP) is -10.8. The predicted molar refractivity (Wildman–Crippen MR) is 136 cm³/mol. The molecule has 0 aromatic carbocycles. The van der Waals surface area contributed by atoms with Crippen LogP contribution in [-0.2, 0) is 55.2 Å². The molecule has 4 rings (SSSR count). The Morgan fingerprint density at radius 2 is 0.580 bits per heavy atom. The number of hydrogen-bond acceptors (Lipinski definition) is 24. The number of aliphatic hydroxyl groups excluding tert-OH is 12. The smallest absolute Gasteiger partial charge is 0.865 e. The number of rotatable bonds is 8. The SMILES string of the molecule is O=C1O[C@H]([C@@H](O)CO)C(O)=C1[O-].O=C1O[C@H]([C@@H](O)CO)C(O)=C1[O-].O=C1O[C@H]([C@@H](O)CO)C(O)=C1[O-].O=C1O[C@H]([C@@H](O)CO)C(O)=C1[O-].[Mg+2].[Mn+2]. The molecule has 0 aliphatic carbocycles. The summed E-state index contributed by atoms with van der Waals surface area (Å²) in [5, 5.41) is 147. The zero-order valence-electron chi connectivity index (χ0n) is 24.8. The standard InChI is InChI=1S/4C6H8O6.Mg.Mn/c4*7-1-2(8)5-3(9)4(10)6(11)12-5;;/h4*2,5,7-10H,1H2;;/q;;;;2*+2/p-4/t4*2-,5+;;/m0000../s1. The fraction of sp³-hybridized carbons (Fsp3) is 0.500. The van der Waals surface area contributed by atoms with E-state index in [-0.39, 0.29) is 40.1 Å². The van der Waals surface area contributed by atoms with Gasteiger partial charge in [-0.15, -0.1) is 0 Å². The molecule has 4 aliphatic rings. The summed E-state index contributed by atoms with van der Waals surface area (Å²) in [5.41, 5.74) is 0. The molecule has 24 nitrogen and oxygen atoms in total. The minimum Gasteiger partial charge on any atom is -0.865 e. The molecule has 0 saturated carbocycles. The molecule has 8 atom stereocenters. The number of hydrogen-bond donors (Lipinski definition) is 12. The van der Waals surface area contributed by atoms with Crippen molar-refractivity contribution >= 4 is 46.9 Å². The molecule has 50 heavy (non-hydrogen) atoms. The maximum Gasteiger partial charge on any atom is 2.00 e. The zero-order valence-corrected chi connectivity index (χ0v) is 27.4. The van der Waals surface area contributed by atoms with Gasteiger partial charge in [0, 0.05) is 23.0 Å². The van der Waals surface area contributed by atoms with Crippen LogP contribution in [0.3, 0.4) is 0 Å². The first-order valence-corrected chi connectivity index (χ1v) is 12.7. The van der Waals surface area contributed by atoms with Crippen LogP contribution in [0.25, 0.3) is 0 Å². The Morgan fingerprint density at radius 1 is 0.440 bits per heavy atom.